The Morgan fingerprint density at radius 2 is 1.77 bits per heavy atom. The molecule has 1 unspecified atom stereocenters. The Labute approximate surface area is 182 Å². The van der Waals surface area contributed by atoms with Gasteiger partial charge in [0.2, 0.25) is 0 Å². The molecule has 2 aliphatic rings. The first-order valence-electron chi connectivity index (χ1n) is 11.4. The van der Waals surface area contributed by atoms with Gasteiger partial charge in [-0.2, -0.15) is 0 Å². The summed E-state index contributed by atoms with van der Waals surface area (Å²) in [5.41, 5.74) is 3.84. The number of rotatable bonds is 4. The maximum Gasteiger partial charge on any atom is 0.253 e. The van der Waals surface area contributed by atoms with E-state index in [4.69, 9.17) is 0 Å². The topological polar surface area (TPSA) is 82.9 Å². The van der Waals surface area contributed by atoms with E-state index in [0.29, 0.717) is 6.04 Å². The fourth-order valence-electron chi connectivity index (χ4n) is 5.16. The van der Waals surface area contributed by atoms with Crippen LogP contribution in [-0.4, -0.2) is 68.2 Å². The van der Waals surface area contributed by atoms with Crippen molar-refractivity contribution in [1.82, 2.24) is 35.0 Å². The number of fused-ring (bicyclic) bond motifs is 1. The van der Waals surface area contributed by atoms with Gasteiger partial charge in [-0.3, -0.25) is 9.69 Å². The van der Waals surface area contributed by atoms with Crippen LogP contribution in [0.15, 0.2) is 23.0 Å². The van der Waals surface area contributed by atoms with Crippen LogP contribution in [0.5, 0.6) is 0 Å². The first-order chi connectivity index (χ1) is 15.0. The predicted molar refractivity (Wildman–Crippen MR) is 120 cm³/mol. The number of benzene rings is 1. The number of hydrogen-bond donors (Lipinski definition) is 1. The molecule has 0 bridgehead atoms. The Bertz CT molecular complexity index is 1140. The van der Waals surface area contributed by atoms with Gasteiger partial charge in [0, 0.05) is 37.1 Å². The number of pyridine rings is 1. The van der Waals surface area contributed by atoms with Crippen molar-refractivity contribution in [2.45, 2.75) is 51.6 Å². The van der Waals surface area contributed by atoms with Crippen LogP contribution in [0.3, 0.4) is 0 Å². The van der Waals surface area contributed by atoms with Crippen LogP contribution in [0.25, 0.3) is 10.9 Å². The van der Waals surface area contributed by atoms with Gasteiger partial charge in [-0.15, -0.1) is 5.10 Å². The molecular formula is C23H31N7O. The maximum absolute atomic E-state index is 13.4. The van der Waals surface area contributed by atoms with E-state index in [1.54, 1.807) is 0 Å². The van der Waals surface area contributed by atoms with Crippen LogP contribution >= 0.6 is 0 Å². The van der Waals surface area contributed by atoms with Crippen molar-refractivity contribution >= 4 is 10.9 Å². The molecule has 3 aromatic rings. The molecule has 3 heterocycles. The summed E-state index contributed by atoms with van der Waals surface area (Å²) >= 11 is 0. The minimum Gasteiger partial charge on any atom is -0.321 e. The summed E-state index contributed by atoms with van der Waals surface area (Å²) in [5, 5.41) is 14.0. The molecule has 2 aromatic heterocycles. The van der Waals surface area contributed by atoms with E-state index in [2.05, 4.69) is 62.5 Å². The van der Waals surface area contributed by atoms with E-state index in [9.17, 15) is 4.79 Å². The number of H-pyrrole nitrogens is 1. The molecule has 1 atom stereocenters. The molecule has 1 aliphatic carbocycles. The number of tetrazole rings is 1. The standard InChI is InChI=1S/C23H31N7O/c1-15-8-9-16(2)20-18(15)14-19(23(31)24-20)21(29-12-10-28(3)11-13-29)22-25-26-27-30(22)17-6-4-5-7-17/h8-9,14,17,21H,4-7,10-13H2,1-3H3,(H,24,31). The van der Waals surface area contributed by atoms with Crippen molar-refractivity contribution < 1.29 is 0 Å². The van der Waals surface area contributed by atoms with Crippen molar-refractivity contribution in [3.05, 3.63) is 51.1 Å². The molecule has 1 aliphatic heterocycles. The number of nitrogens with zero attached hydrogens (tertiary/aromatic N) is 6. The molecule has 8 nitrogen and oxygen atoms in total. The van der Waals surface area contributed by atoms with E-state index in [1.807, 2.05) is 11.6 Å². The van der Waals surface area contributed by atoms with Gasteiger partial charge in [0.25, 0.3) is 5.56 Å². The third-order valence-electron chi connectivity index (χ3n) is 7.10. The Morgan fingerprint density at radius 3 is 2.52 bits per heavy atom. The van der Waals surface area contributed by atoms with E-state index in [-0.39, 0.29) is 11.6 Å². The lowest BCUT2D eigenvalue weighted by atomic mass is 9.99. The zero-order chi connectivity index (χ0) is 21.5. The van der Waals surface area contributed by atoms with Crippen molar-refractivity contribution in [2.24, 2.45) is 0 Å². The van der Waals surface area contributed by atoms with E-state index < -0.39 is 0 Å². The number of aromatic amines is 1. The largest absolute Gasteiger partial charge is 0.321 e. The smallest absolute Gasteiger partial charge is 0.253 e. The van der Waals surface area contributed by atoms with Crippen LogP contribution < -0.4 is 5.56 Å². The van der Waals surface area contributed by atoms with Gasteiger partial charge in [-0.1, -0.05) is 25.0 Å². The van der Waals surface area contributed by atoms with Crippen LogP contribution in [0.4, 0.5) is 0 Å². The first-order valence-corrected chi connectivity index (χ1v) is 11.4. The number of hydrogen-bond acceptors (Lipinski definition) is 6. The highest BCUT2D eigenvalue weighted by molar-refractivity contribution is 5.85. The summed E-state index contributed by atoms with van der Waals surface area (Å²) in [6.07, 6.45) is 4.61. The molecule has 0 radical (unpaired) electrons. The van der Waals surface area contributed by atoms with Crippen LogP contribution in [-0.2, 0) is 0 Å². The molecule has 31 heavy (non-hydrogen) atoms. The summed E-state index contributed by atoms with van der Waals surface area (Å²) < 4.78 is 2.00. The van der Waals surface area contributed by atoms with E-state index in [1.165, 1.54) is 12.8 Å². The molecule has 1 saturated heterocycles. The fraction of sp³-hybridized carbons (Fsp3) is 0.565. The lowest BCUT2D eigenvalue weighted by Gasteiger charge is -2.37. The number of aryl methyl sites for hydroxylation is 2. The van der Waals surface area contributed by atoms with Gasteiger partial charge in [-0.05, 0) is 61.4 Å². The lowest BCUT2D eigenvalue weighted by molar-refractivity contribution is 0.120. The Hall–Kier alpha value is -2.58. The zero-order valence-electron chi connectivity index (χ0n) is 18.6. The third kappa shape index (κ3) is 3.68. The zero-order valence-corrected chi connectivity index (χ0v) is 18.6. The number of aromatic nitrogens is 5. The Kier molecular flexibility index (Phi) is 5.35. The summed E-state index contributed by atoms with van der Waals surface area (Å²) in [7, 11) is 2.14. The van der Waals surface area contributed by atoms with Gasteiger partial charge >= 0.3 is 0 Å². The Balaban J connectivity index is 1.67. The second-order valence-electron chi connectivity index (χ2n) is 9.20. The molecule has 0 amide bonds. The molecule has 5 rings (SSSR count). The van der Waals surface area contributed by atoms with E-state index >= 15 is 0 Å². The highest BCUT2D eigenvalue weighted by atomic mass is 16.1. The first kappa shape index (κ1) is 20.3. The predicted octanol–water partition coefficient (Wildman–Crippen LogP) is 2.58. The SMILES string of the molecule is Cc1ccc(C)c2[nH]c(=O)c(C(c3nnnn3C3CCCC3)N3CCN(C)CC3)cc12. The summed E-state index contributed by atoms with van der Waals surface area (Å²) in [4.78, 5) is 21.3. The minimum atomic E-state index is -0.252. The molecule has 1 aromatic carbocycles. The quantitative estimate of drug-likeness (QED) is 0.697. The highest BCUT2D eigenvalue weighted by Gasteiger charge is 2.34. The molecule has 1 N–H and O–H groups in total. The van der Waals surface area contributed by atoms with Gasteiger partial charge in [-0.25, -0.2) is 4.68 Å². The average Bonchev–Trinajstić information content (AvgIpc) is 3.45. The van der Waals surface area contributed by atoms with E-state index in [0.717, 1.165) is 72.4 Å². The van der Waals surface area contributed by atoms with Crippen molar-refractivity contribution in [3.63, 3.8) is 0 Å². The van der Waals surface area contributed by atoms with Crippen molar-refractivity contribution in [3.8, 4) is 0 Å². The second-order valence-corrected chi connectivity index (χ2v) is 9.20. The maximum atomic E-state index is 13.4. The highest BCUT2D eigenvalue weighted by Crippen LogP contribution is 2.34. The molecule has 8 heteroatoms. The number of piperazine rings is 1. The summed E-state index contributed by atoms with van der Waals surface area (Å²) in [6, 6.07) is 6.33. The molecule has 2 fully saturated rings. The molecule has 1 saturated carbocycles. The van der Waals surface area contributed by atoms with Gasteiger partial charge < -0.3 is 9.88 Å². The molecule has 0 spiro atoms. The molecule has 164 valence electrons. The monoisotopic (exact) mass is 421 g/mol. The molecular weight excluding hydrogens is 390 g/mol. The summed E-state index contributed by atoms with van der Waals surface area (Å²) in [5.74, 6) is 0.798. The normalized spacial score (nSPS) is 20.0. The van der Waals surface area contributed by atoms with Crippen LogP contribution in [0, 0.1) is 13.8 Å². The van der Waals surface area contributed by atoms with Crippen molar-refractivity contribution in [1.29, 1.82) is 0 Å². The Morgan fingerprint density at radius 1 is 1.06 bits per heavy atom. The van der Waals surface area contributed by atoms with Crippen LogP contribution in [0.1, 0.15) is 60.3 Å². The minimum absolute atomic E-state index is 0.0499. The second kappa shape index (κ2) is 8.16. The summed E-state index contributed by atoms with van der Waals surface area (Å²) in [6.45, 7) is 7.81. The number of likely N-dealkylation sites (N-methyl/N-ethyl adjacent to an activating group) is 1. The van der Waals surface area contributed by atoms with Gasteiger partial charge in [0.05, 0.1) is 11.6 Å². The average molecular weight is 422 g/mol. The fourth-order valence-corrected chi connectivity index (χ4v) is 5.16. The lowest BCUT2D eigenvalue weighted by Crippen LogP contribution is -2.47. The third-order valence-corrected chi connectivity index (χ3v) is 7.10. The number of nitrogens with one attached hydrogen (secondary N) is 1. The van der Waals surface area contributed by atoms with Crippen LogP contribution in [0.2, 0.25) is 0 Å². The van der Waals surface area contributed by atoms with Gasteiger partial charge in [0.15, 0.2) is 5.82 Å². The van der Waals surface area contributed by atoms with Gasteiger partial charge in [0.1, 0.15) is 6.04 Å². The van der Waals surface area contributed by atoms with Crippen molar-refractivity contribution in [2.75, 3.05) is 33.2 Å².